The van der Waals surface area contributed by atoms with Crippen LogP contribution in [0.15, 0.2) is 43.0 Å². The van der Waals surface area contributed by atoms with Crippen molar-refractivity contribution in [3.63, 3.8) is 0 Å². The van der Waals surface area contributed by atoms with Crippen molar-refractivity contribution in [1.82, 2.24) is 4.90 Å². The lowest BCUT2D eigenvalue weighted by Gasteiger charge is -2.24. The smallest absolute Gasteiger partial charge is 0.223 e. The van der Waals surface area contributed by atoms with E-state index < -0.39 is 0 Å². The molecule has 0 spiro atoms. The fourth-order valence-corrected chi connectivity index (χ4v) is 2.89. The molecule has 1 saturated carbocycles. The fourth-order valence-electron chi connectivity index (χ4n) is 2.89. The topological polar surface area (TPSA) is 46.3 Å². The minimum absolute atomic E-state index is 0.191. The highest BCUT2D eigenvalue weighted by Crippen LogP contribution is 2.27. The van der Waals surface area contributed by atoms with Crippen LogP contribution in [0, 0.1) is 5.92 Å². The molecule has 108 valence electrons. The Balaban J connectivity index is 1.96. The Morgan fingerprint density at radius 2 is 2.10 bits per heavy atom. The van der Waals surface area contributed by atoms with Gasteiger partial charge in [0.25, 0.3) is 0 Å². The second-order valence-corrected chi connectivity index (χ2v) is 5.61. The first-order chi connectivity index (χ1) is 9.70. The van der Waals surface area contributed by atoms with Gasteiger partial charge in [0.05, 0.1) is 0 Å². The number of amides is 1. The van der Waals surface area contributed by atoms with Gasteiger partial charge in [0.15, 0.2) is 0 Å². The highest BCUT2D eigenvalue weighted by atomic mass is 16.2. The second-order valence-electron chi connectivity index (χ2n) is 5.61. The van der Waals surface area contributed by atoms with Crippen LogP contribution in [-0.4, -0.2) is 23.4 Å². The van der Waals surface area contributed by atoms with E-state index in [9.17, 15) is 4.79 Å². The standard InChI is InChI=1S/C17H24N2O/c1-2-11-19(13-14-7-4-3-5-8-14)17(20)12-15-9-6-10-16(15)18/h2-5,7-8,15-16H,1,6,9-13,18H2/t15-,16+/m0/s1. The molecule has 1 fully saturated rings. The van der Waals surface area contributed by atoms with Gasteiger partial charge in [-0.05, 0) is 24.3 Å². The Morgan fingerprint density at radius 1 is 1.35 bits per heavy atom. The minimum atomic E-state index is 0.191. The molecule has 3 nitrogen and oxygen atoms in total. The summed E-state index contributed by atoms with van der Waals surface area (Å²) in [7, 11) is 0. The maximum absolute atomic E-state index is 12.5. The zero-order valence-corrected chi connectivity index (χ0v) is 12.0. The monoisotopic (exact) mass is 272 g/mol. The van der Waals surface area contributed by atoms with Crippen molar-refractivity contribution < 1.29 is 4.79 Å². The maximum Gasteiger partial charge on any atom is 0.223 e. The van der Waals surface area contributed by atoms with Crippen molar-refractivity contribution in [1.29, 1.82) is 0 Å². The van der Waals surface area contributed by atoms with Crippen LogP contribution in [-0.2, 0) is 11.3 Å². The fraction of sp³-hybridized carbons (Fsp3) is 0.471. The summed E-state index contributed by atoms with van der Waals surface area (Å²) < 4.78 is 0. The summed E-state index contributed by atoms with van der Waals surface area (Å²) in [6, 6.07) is 10.3. The lowest BCUT2D eigenvalue weighted by atomic mass is 9.99. The van der Waals surface area contributed by atoms with Gasteiger partial charge in [0.1, 0.15) is 0 Å². The predicted molar refractivity (Wildman–Crippen MR) is 82.0 cm³/mol. The third-order valence-electron chi connectivity index (χ3n) is 4.07. The van der Waals surface area contributed by atoms with E-state index in [1.165, 1.54) is 0 Å². The summed E-state index contributed by atoms with van der Waals surface area (Å²) in [5.41, 5.74) is 7.21. The van der Waals surface area contributed by atoms with Crippen LogP contribution in [0.2, 0.25) is 0 Å². The van der Waals surface area contributed by atoms with Gasteiger partial charge in [-0.3, -0.25) is 4.79 Å². The van der Waals surface area contributed by atoms with E-state index in [2.05, 4.69) is 6.58 Å². The Bertz CT molecular complexity index is 444. The zero-order valence-electron chi connectivity index (χ0n) is 12.0. The molecule has 1 amide bonds. The van der Waals surface area contributed by atoms with Crippen LogP contribution in [0.4, 0.5) is 0 Å². The third-order valence-corrected chi connectivity index (χ3v) is 4.07. The molecule has 20 heavy (non-hydrogen) atoms. The van der Waals surface area contributed by atoms with Crippen LogP contribution >= 0.6 is 0 Å². The summed E-state index contributed by atoms with van der Waals surface area (Å²) >= 11 is 0. The number of hydrogen-bond acceptors (Lipinski definition) is 2. The summed E-state index contributed by atoms with van der Waals surface area (Å²) in [5.74, 6) is 0.543. The number of benzene rings is 1. The van der Waals surface area contributed by atoms with Crippen molar-refractivity contribution in [3.8, 4) is 0 Å². The van der Waals surface area contributed by atoms with Gasteiger partial charge in [0.2, 0.25) is 5.91 Å². The van der Waals surface area contributed by atoms with Crippen molar-refractivity contribution in [2.45, 2.75) is 38.3 Å². The van der Waals surface area contributed by atoms with Crippen molar-refractivity contribution in [2.75, 3.05) is 6.54 Å². The first-order valence-corrected chi connectivity index (χ1v) is 7.39. The lowest BCUT2D eigenvalue weighted by Crippen LogP contribution is -2.35. The average Bonchev–Trinajstić information content (AvgIpc) is 2.85. The van der Waals surface area contributed by atoms with Gasteiger partial charge >= 0.3 is 0 Å². The molecule has 0 bridgehead atoms. The van der Waals surface area contributed by atoms with Gasteiger partial charge in [0, 0.05) is 25.6 Å². The Kier molecular flexibility index (Phi) is 5.36. The molecule has 2 atom stereocenters. The van der Waals surface area contributed by atoms with Crippen LogP contribution in [0.25, 0.3) is 0 Å². The van der Waals surface area contributed by atoms with Gasteiger partial charge in [-0.2, -0.15) is 0 Å². The van der Waals surface area contributed by atoms with E-state index in [0.717, 1.165) is 24.8 Å². The van der Waals surface area contributed by atoms with Gasteiger partial charge in [-0.1, -0.05) is 42.8 Å². The van der Waals surface area contributed by atoms with E-state index >= 15 is 0 Å². The van der Waals surface area contributed by atoms with Crippen LogP contribution in [0.1, 0.15) is 31.2 Å². The van der Waals surface area contributed by atoms with Crippen LogP contribution < -0.4 is 5.73 Å². The van der Waals surface area contributed by atoms with Crippen LogP contribution in [0.3, 0.4) is 0 Å². The molecular formula is C17H24N2O. The number of carbonyl (C=O) groups excluding carboxylic acids is 1. The first-order valence-electron chi connectivity index (χ1n) is 7.39. The van der Waals surface area contributed by atoms with Crippen molar-refractivity contribution >= 4 is 5.91 Å². The van der Waals surface area contributed by atoms with Crippen molar-refractivity contribution in [2.24, 2.45) is 11.7 Å². The quantitative estimate of drug-likeness (QED) is 0.809. The molecule has 0 aromatic heterocycles. The van der Waals surface area contributed by atoms with E-state index in [1.807, 2.05) is 35.2 Å². The summed E-state index contributed by atoms with van der Waals surface area (Å²) in [6.45, 7) is 4.99. The second kappa shape index (κ2) is 7.25. The molecule has 1 aliphatic rings. The average molecular weight is 272 g/mol. The normalized spacial score (nSPS) is 21.6. The molecule has 0 unspecified atom stereocenters. The van der Waals surface area contributed by atoms with E-state index in [4.69, 9.17) is 5.73 Å². The van der Waals surface area contributed by atoms with Gasteiger partial charge < -0.3 is 10.6 Å². The third kappa shape index (κ3) is 3.94. The predicted octanol–water partition coefficient (Wildman–Crippen LogP) is 2.72. The lowest BCUT2D eigenvalue weighted by molar-refractivity contribution is -0.132. The SMILES string of the molecule is C=CCN(Cc1ccccc1)C(=O)C[C@@H]1CCC[C@H]1N. The molecule has 2 N–H and O–H groups in total. The number of nitrogens with two attached hydrogens (primary N) is 1. The number of rotatable bonds is 6. The molecule has 1 aliphatic carbocycles. The molecule has 2 rings (SSSR count). The van der Waals surface area contributed by atoms with Gasteiger partial charge in [-0.15, -0.1) is 6.58 Å². The van der Waals surface area contributed by atoms with Crippen LogP contribution in [0.5, 0.6) is 0 Å². The Hall–Kier alpha value is -1.61. The molecule has 0 heterocycles. The summed E-state index contributed by atoms with van der Waals surface area (Å²) in [6.07, 6.45) is 5.65. The maximum atomic E-state index is 12.5. The number of hydrogen-bond donors (Lipinski definition) is 1. The highest BCUT2D eigenvalue weighted by Gasteiger charge is 2.27. The summed E-state index contributed by atoms with van der Waals surface area (Å²) in [4.78, 5) is 14.3. The molecule has 0 radical (unpaired) electrons. The summed E-state index contributed by atoms with van der Waals surface area (Å²) in [5, 5.41) is 0. The molecule has 1 aromatic carbocycles. The van der Waals surface area contributed by atoms with Crippen molar-refractivity contribution in [3.05, 3.63) is 48.6 Å². The highest BCUT2D eigenvalue weighted by molar-refractivity contribution is 5.76. The number of carbonyl (C=O) groups is 1. The minimum Gasteiger partial charge on any atom is -0.335 e. The molecule has 3 heteroatoms. The first kappa shape index (κ1) is 14.8. The largest absolute Gasteiger partial charge is 0.335 e. The Labute approximate surface area is 121 Å². The van der Waals surface area contributed by atoms with E-state index in [-0.39, 0.29) is 11.9 Å². The Morgan fingerprint density at radius 3 is 2.70 bits per heavy atom. The number of nitrogens with zero attached hydrogens (tertiary/aromatic N) is 1. The molecular weight excluding hydrogens is 248 g/mol. The van der Waals surface area contributed by atoms with E-state index in [0.29, 0.717) is 25.4 Å². The molecule has 0 aliphatic heterocycles. The molecule has 0 saturated heterocycles. The molecule has 1 aromatic rings. The van der Waals surface area contributed by atoms with E-state index in [1.54, 1.807) is 6.08 Å². The zero-order chi connectivity index (χ0) is 14.4. The van der Waals surface area contributed by atoms with Gasteiger partial charge in [-0.25, -0.2) is 0 Å².